The predicted octanol–water partition coefficient (Wildman–Crippen LogP) is 3.57. The van der Waals surface area contributed by atoms with Crippen LogP contribution in [0.25, 0.3) is 0 Å². The van der Waals surface area contributed by atoms with Gasteiger partial charge in [0.25, 0.3) is 0 Å². The highest BCUT2D eigenvalue weighted by Gasteiger charge is 2.16. The Morgan fingerprint density at radius 1 is 0.926 bits per heavy atom. The molecule has 0 spiro atoms. The summed E-state index contributed by atoms with van der Waals surface area (Å²) in [5.74, 6) is 0.685. The van der Waals surface area contributed by atoms with Crippen molar-refractivity contribution in [3.8, 4) is 11.5 Å². The quantitative estimate of drug-likeness (QED) is 0.790. The van der Waals surface area contributed by atoms with Crippen molar-refractivity contribution >= 4 is 23.2 Å². The Morgan fingerprint density at radius 3 is 2.37 bits per heavy atom. The van der Waals surface area contributed by atoms with Crippen molar-refractivity contribution in [3.05, 3.63) is 53.1 Å². The molecule has 3 rings (SSSR count). The topological polar surface area (TPSA) is 81.7 Å². The molecule has 0 unspecified atom stereocenters. The summed E-state index contributed by atoms with van der Waals surface area (Å²) in [5, 5.41) is 2.77. The first-order chi connectivity index (χ1) is 12.9. The lowest BCUT2D eigenvalue weighted by atomic mass is 10.0. The van der Waals surface area contributed by atoms with E-state index in [1.165, 1.54) is 6.92 Å². The molecule has 1 aliphatic heterocycles. The van der Waals surface area contributed by atoms with Gasteiger partial charge in [-0.2, -0.15) is 0 Å². The second-order valence-electron chi connectivity index (χ2n) is 6.42. The van der Waals surface area contributed by atoms with E-state index in [9.17, 15) is 14.4 Å². The fourth-order valence-corrected chi connectivity index (χ4v) is 2.78. The number of hydrogen-bond donors (Lipinski definition) is 1. The fraction of sp³-hybridized carbons (Fsp3) is 0.286. The van der Waals surface area contributed by atoms with Gasteiger partial charge in [0, 0.05) is 29.7 Å². The summed E-state index contributed by atoms with van der Waals surface area (Å²) in [4.78, 5) is 36.1. The van der Waals surface area contributed by atoms with Crippen LogP contribution in [0.2, 0.25) is 0 Å². The summed E-state index contributed by atoms with van der Waals surface area (Å²) in [6.07, 6.45) is 0.133. The largest absolute Gasteiger partial charge is 0.486 e. The number of fused-ring (bicyclic) bond motifs is 1. The highest BCUT2D eigenvalue weighted by atomic mass is 16.6. The molecule has 2 aromatic rings. The van der Waals surface area contributed by atoms with Gasteiger partial charge in [0.2, 0.25) is 5.91 Å². The zero-order chi connectivity index (χ0) is 19.4. The first-order valence-corrected chi connectivity index (χ1v) is 8.78. The second kappa shape index (κ2) is 8.03. The maximum Gasteiger partial charge on any atom is 0.224 e. The molecule has 0 atom stereocenters. The summed E-state index contributed by atoms with van der Waals surface area (Å²) in [7, 11) is 0. The van der Waals surface area contributed by atoms with E-state index in [2.05, 4.69) is 5.32 Å². The molecule has 0 radical (unpaired) electrons. The van der Waals surface area contributed by atoms with E-state index in [4.69, 9.17) is 9.47 Å². The monoisotopic (exact) mass is 367 g/mol. The van der Waals surface area contributed by atoms with Crippen molar-refractivity contribution in [1.29, 1.82) is 0 Å². The number of hydrogen-bond acceptors (Lipinski definition) is 5. The predicted molar refractivity (Wildman–Crippen MR) is 101 cm³/mol. The van der Waals surface area contributed by atoms with Gasteiger partial charge in [0.05, 0.1) is 0 Å². The third-order valence-electron chi connectivity index (χ3n) is 4.36. The van der Waals surface area contributed by atoms with Crippen LogP contribution in [0, 0.1) is 6.92 Å². The van der Waals surface area contributed by atoms with Gasteiger partial charge in [-0.05, 0) is 43.7 Å². The lowest BCUT2D eigenvalue weighted by Crippen LogP contribution is -2.16. The van der Waals surface area contributed by atoms with Gasteiger partial charge in [-0.3, -0.25) is 14.4 Å². The number of benzene rings is 2. The number of carbonyl (C=O) groups is 3. The molecule has 6 heteroatoms. The molecule has 0 saturated heterocycles. The van der Waals surface area contributed by atoms with Crippen LogP contribution in [0.15, 0.2) is 36.4 Å². The molecular formula is C21H21NO5. The molecule has 6 nitrogen and oxygen atoms in total. The van der Waals surface area contributed by atoms with E-state index in [0.29, 0.717) is 41.5 Å². The third-order valence-corrected chi connectivity index (χ3v) is 4.36. The molecule has 0 bridgehead atoms. The number of ether oxygens (including phenoxy) is 2. The average Bonchev–Trinajstić information content (AvgIpc) is 2.67. The summed E-state index contributed by atoms with van der Waals surface area (Å²) < 4.78 is 10.9. The fourth-order valence-electron chi connectivity index (χ4n) is 2.78. The van der Waals surface area contributed by atoms with Crippen molar-refractivity contribution in [2.45, 2.75) is 26.7 Å². The molecular weight excluding hydrogens is 346 g/mol. The van der Waals surface area contributed by atoms with Gasteiger partial charge < -0.3 is 14.8 Å². The van der Waals surface area contributed by atoms with E-state index in [0.717, 1.165) is 5.56 Å². The molecule has 0 fully saturated rings. The lowest BCUT2D eigenvalue weighted by molar-refractivity contribution is -0.116. The number of anilines is 1. The molecule has 1 N–H and O–H groups in total. The Kier molecular flexibility index (Phi) is 5.54. The van der Waals surface area contributed by atoms with Gasteiger partial charge in [-0.25, -0.2) is 0 Å². The Bertz CT molecular complexity index is 903. The van der Waals surface area contributed by atoms with Crippen LogP contribution < -0.4 is 14.8 Å². The number of ketones is 2. The van der Waals surface area contributed by atoms with Gasteiger partial charge in [-0.15, -0.1) is 0 Å². The van der Waals surface area contributed by atoms with Gasteiger partial charge in [-0.1, -0.05) is 12.1 Å². The van der Waals surface area contributed by atoms with Crippen LogP contribution in [-0.4, -0.2) is 30.7 Å². The highest BCUT2D eigenvalue weighted by Crippen LogP contribution is 2.31. The lowest BCUT2D eigenvalue weighted by Gasteiger charge is -2.18. The standard InChI is InChI=1S/C21H21NO5/c1-13-3-4-15(14(2)23)11-17(13)22-21(25)8-6-18(24)16-5-7-19-20(12-16)27-10-9-26-19/h3-5,7,11-12H,6,8-10H2,1-2H3,(H,22,25). The minimum Gasteiger partial charge on any atom is -0.486 e. The maximum absolute atomic E-state index is 12.4. The van der Waals surface area contributed by atoms with E-state index in [1.54, 1.807) is 36.4 Å². The Labute approximate surface area is 157 Å². The minimum absolute atomic E-state index is 0.0526. The summed E-state index contributed by atoms with van der Waals surface area (Å²) in [5.41, 5.74) is 2.45. The molecule has 1 heterocycles. The van der Waals surface area contributed by atoms with Gasteiger partial charge in [0.15, 0.2) is 23.1 Å². The van der Waals surface area contributed by atoms with Crippen molar-refractivity contribution in [2.75, 3.05) is 18.5 Å². The van der Waals surface area contributed by atoms with Crippen LogP contribution >= 0.6 is 0 Å². The third kappa shape index (κ3) is 4.53. The van der Waals surface area contributed by atoms with Crippen LogP contribution in [0.1, 0.15) is 46.0 Å². The molecule has 140 valence electrons. The van der Waals surface area contributed by atoms with E-state index >= 15 is 0 Å². The van der Waals surface area contributed by atoms with Gasteiger partial charge in [0.1, 0.15) is 13.2 Å². The van der Waals surface area contributed by atoms with Crippen LogP contribution in [0.5, 0.6) is 11.5 Å². The van der Waals surface area contributed by atoms with Crippen LogP contribution in [-0.2, 0) is 4.79 Å². The SMILES string of the molecule is CC(=O)c1ccc(C)c(NC(=O)CCC(=O)c2ccc3c(c2)OCCO3)c1. The van der Waals surface area contributed by atoms with Crippen molar-refractivity contribution < 1.29 is 23.9 Å². The second-order valence-corrected chi connectivity index (χ2v) is 6.42. The Hall–Kier alpha value is -3.15. The van der Waals surface area contributed by atoms with Crippen LogP contribution in [0.4, 0.5) is 5.69 Å². The normalized spacial score (nSPS) is 12.4. The number of carbonyl (C=O) groups excluding carboxylic acids is 3. The summed E-state index contributed by atoms with van der Waals surface area (Å²) >= 11 is 0. The maximum atomic E-state index is 12.4. The molecule has 0 saturated carbocycles. The molecule has 0 aliphatic carbocycles. The first-order valence-electron chi connectivity index (χ1n) is 8.78. The number of aryl methyl sites for hydroxylation is 1. The average molecular weight is 367 g/mol. The number of nitrogens with one attached hydrogen (secondary N) is 1. The van der Waals surface area contributed by atoms with Crippen molar-refractivity contribution in [2.24, 2.45) is 0 Å². The van der Waals surface area contributed by atoms with Crippen molar-refractivity contribution in [3.63, 3.8) is 0 Å². The minimum atomic E-state index is -0.273. The van der Waals surface area contributed by atoms with Gasteiger partial charge >= 0.3 is 0 Å². The number of amides is 1. The smallest absolute Gasteiger partial charge is 0.224 e. The molecule has 1 aliphatic rings. The highest BCUT2D eigenvalue weighted by molar-refractivity contribution is 6.01. The van der Waals surface area contributed by atoms with Crippen molar-refractivity contribution in [1.82, 2.24) is 0 Å². The molecule has 0 aromatic heterocycles. The Balaban J connectivity index is 1.60. The van der Waals surface area contributed by atoms with E-state index in [1.807, 2.05) is 6.92 Å². The van der Waals surface area contributed by atoms with Crippen LogP contribution in [0.3, 0.4) is 0 Å². The zero-order valence-corrected chi connectivity index (χ0v) is 15.3. The molecule has 1 amide bonds. The number of Topliss-reactive ketones (excluding diaryl/α,β-unsaturated/α-hetero) is 2. The zero-order valence-electron chi connectivity index (χ0n) is 15.3. The van der Waals surface area contributed by atoms with E-state index in [-0.39, 0.29) is 30.3 Å². The molecule has 2 aromatic carbocycles. The molecule has 27 heavy (non-hydrogen) atoms. The Morgan fingerprint density at radius 2 is 1.63 bits per heavy atom. The summed E-state index contributed by atoms with van der Waals surface area (Å²) in [6.45, 7) is 4.26. The van der Waals surface area contributed by atoms with E-state index < -0.39 is 0 Å². The summed E-state index contributed by atoms with van der Waals surface area (Å²) in [6, 6.07) is 10.2. The first kappa shape index (κ1) is 18.6. The number of rotatable bonds is 6.